The van der Waals surface area contributed by atoms with Crippen molar-refractivity contribution in [1.29, 1.82) is 0 Å². The van der Waals surface area contributed by atoms with Crippen LogP contribution in [0.3, 0.4) is 0 Å². The summed E-state index contributed by atoms with van der Waals surface area (Å²) >= 11 is 0. The van der Waals surface area contributed by atoms with Crippen molar-refractivity contribution < 1.29 is 4.42 Å². The minimum Gasteiger partial charge on any atom is -0.468 e. The number of piperazine rings is 1. The van der Waals surface area contributed by atoms with Gasteiger partial charge in [0.2, 0.25) is 0 Å². The van der Waals surface area contributed by atoms with Gasteiger partial charge in [0.1, 0.15) is 5.76 Å². The second-order valence-electron chi connectivity index (χ2n) is 9.38. The topological polar surface area (TPSA) is 59.3 Å². The van der Waals surface area contributed by atoms with Gasteiger partial charge >= 0.3 is 0 Å². The minimum atomic E-state index is 0.248. The number of rotatable bonds is 9. The third kappa shape index (κ3) is 7.22. The first-order valence-corrected chi connectivity index (χ1v) is 12.3. The van der Waals surface area contributed by atoms with Crippen molar-refractivity contribution in [3.05, 3.63) is 24.2 Å². The number of hydrogen-bond donors (Lipinski definition) is 2. The summed E-state index contributed by atoms with van der Waals surface area (Å²) in [4.78, 5) is 12.6. The molecule has 1 aromatic rings. The number of furan rings is 1. The van der Waals surface area contributed by atoms with Gasteiger partial charge in [-0.2, -0.15) is 0 Å². The molecule has 2 fully saturated rings. The van der Waals surface area contributed by atoms with Crippen LogP contribution in [0.25, 0.3) is 0 Å². The number of aliphatic imine (C=N–C) groups is 1. The van der Waals surface area contributed by atoms with Crippen LogP contribution in [0.4, 0.5) is 0 Å². The van der Waals surface area contributed by atoms with Crippen LogP contribution in [0.5, 0.6) is 0 Å². The van der Waals surface area contributed by atoms with Gasteiger partial charge in [0.05, 0.1) is 18.8 Å². The van der Waals surface area contributed by atoms with E-state index in [1.165, 1.54) is 19.3 Å². The Morgan fingerprint density at radius 2 is 1.77 bits per heavy atom. The second-order valence-corrected chi connectivity index (χ2v) is 9.38. The van der Waals surface area contributed by atoms with E-state index in [0.29, 0.717) is 12.0 Å². The lowest BCUT2D eigenvalue weighted by atomic mass is 10.0. The molecule has 3 rings (SSSR count). The molecule has 7 nitrogen and oxygen atoms in total. The highest BCUT2D eigenvalue weighted by molar-refractivity contribution is 5.79. The normalized spacial score (nSPS) is 21.9. The molecule has 2 atom stereocenters. The number of hydrogen-bond acceptors (Lipinski definition) is 5. The first-order chi connectivity index (χ1) is 15.1. The molecule has 0 amide bonds. The van der Waals surface area contributed by atoms with Crippen molar-refractivity contribution in [2.75, 3.05) is 66.0 Å². The SMILES string of the molecule is CCNC(=NCC(C(C)C)N1CCN(C)CC1)NCC(c1ccco1)N1CCCCC1. The highest BCUT2D eigenvalue weighted by Gasteiger charge is 2.26. The summed E-state index contributed by atoms with van der Waals surface area (Å²) < 4.78 is 5.81. The van der Waals surface area contributed by atoms with Crippen molar-refractivity contribution >= 4 is 5.96 Å². The molecule has 0 aromatic carbocycles. The second kappa shape index (κ2) is 12.5. The first kappa shape index (κ1) is 24.1. The molecule has 2 N–H and O–H groups in total. The Labute approximate surface area is 189 Å². The average Bonchev–Trinajstić information content (AvgIpc) is 3.30. The Balaban J connectivity index is 1.63. The predicted octanol–water partition coefficient (Wildman–Crippen LogP) is 2.63. The fourth-order valence-corrected chi connectivity index (χ4v) is 4.74. The monoisotopic (exact) mass is 432 g/mol. The average molecular weight is 433 g/mol. The first-order valence-electron chi connectivity index (χ1n) is 12.3. The quantitative estimate of drug-likeness (QED) is 0.462. The summed E-state index contributed by atoms with van der Waals surface area (Å²) in [6.07, 6.45) is 5.66. The molecule has 2 aliphatic rings. The van der Waals surface area contributed by atoms with Crippen LogP contribution < -0.4 is 10.6 Å². The fraction of sp³-hybridized carbons (Fsp3) is 0.792. The summed E-state index contributed by atoms with van der Waals surface area (Å²) in [5.41, 5.74) is 0. The minimum absolute atomic E-state index is 0.248. The van der Waals surface area contributed by atoms with E-state index in [1.54, 1.807) is 6.26 Å². The summed E-state index contributed by atoms with van der Waals surface area (Å²) in [5, 5.41) is 7.07. The van der Waals surface area contributed by atoms with E-state index in [1.807, 2.05) is 6.07 Å². The Kier molecular flexibility index (Phi) is 9.68. The van der Waals surface area contributed by atoms with Gasteiger partial charge < -0.3 is 20.0 Å². The van der Waals surface area contributed by atoms with E-state index in [-0.39, 0.29) is 6.04 Å². The largest absolute Gasteiger partial charge is 0.468 e. The number of nitrogens with zero attached hydrogens (tertiary/aromatic N) is 4. The molecule has 1 aromatic heterocycles. The maximum atomic E-state index is 5.81. The van der Waals surface area contributed by atoms with Gasteiger partial charge in [-0.3, -0.25) is 14.8 Å². The predicted molar refractivity (Wildman–Crippen MR) is 129 cm³/mol. The smallest absolute Gasteiger partial charge is 0.191 e. The van der Waals surface area contributed by atoms with E-state index in [2.05, 4.69) is 59.2 Å². The summed E-state index contributed by atoms with van der Waals surface area (Å²) in [6, 6.07) is 4.83. The molecule has 7 heteroatoms. The zero-order chi connectivity index (χ0) is 22.1. The molecule has 2 saturated heterocycles. The Morgan fingerprint density at radius 1 is 1.03 bits per heavy atom. The summed E-state index contributed by atoms with van der Waals surface area (Å²) in [5.74, 6) is 2.54. The van der Waals surface area contributed by atoms with Gasteiger partial charge in [-0.25, -0.2) is 0 Å². The number of piperidine rings is 1. The Bertz CT molecular complexity index is 633. The van der Waals surface area contributed by atoms with Crippen LogP contribution in [0.15, 0.2) is 27.8 Å². The zero-order valence-electron chi connectivity index (χ0n) is 20.1. The number of likely N-dealkylation sites (tertiary alicyclic amines) is 1. The van der Waals surface area contributed by atoms with Crippen LogP contribution in [0.1, 0.15) is 51.8 Å². The molecule has 176 valence electrons. The van der Waals surface area contributed by atoms with E-state index >= 15 is 0 Å². The lowest BCUT2D eigenvalue weighted by Gasteiger charge is -2.39. The van der Waals surface area contributed by atoms with Gasteiger partial charge in [0, 0.05) is 45.3 Å². The van der Waals surface area contributed by atoms with Crippen LogP contribution in [-0.4, -0.2) is 92.7 Å². The van der Waals surface area contributed by atoms with Crippen LogP contribution in [0, 0.1) is 5.92 Å². The molecule has 0 aliphatic carbocycles. The van der Waals surface area contributed by atoms with Crippen molar-refractivity contribution in [2.45, 2.75) is 52.1 Å². The lowest BCUT2D eigenvalue weighted by Crippen LogP contribution is -2.52. The number of nitrogens with one attached hydrogen (secondary N) is 2. The molecular formula is C24H44N6O. The van der Waals surface area contributed by atoms with Crippen molar-refractivity contribution in [3.63, 3.8) is 0 Å². The van der Waals surface area contributed by atoms with Crippen LogP contribution in [0.2, 0.25) is 0 Å². The van der Waals surface area contributed by atoms with E-state index in [0.717, 1.165) is 70.6 Å². The fourth-order valence-electron chi connectivity index (χ4n) is 4.74. The standard InChI is InChI=1S/C24H44N6O/c1-5-25-24(26-18-21(20(2)3)30-15-13-28(4)14-16-30)27-19-22(23-10-9-17-31-23)29-11-7-6-8-12-29/h9-10,17,20-22H,5-8,11-16,18-19H2,1-4H3,(H2,25,26,27). The van der Waals surface area contributed by atoms with Gasteiger partial charge in [-0.15, -0.1) is 0 Å². The summed E-state index contributed by atoms with van der Waals surface area (Å²) in [7, 11) is 2.21. The van der Waals surface area contributed by atoms with E-state index in [4.69, 9.17) is 9.41 Å². The highest BCUT2D eigenvalue weighted by atomic mass is 16.3. The van der Waals surface area contributed by atoms with Gasteiger partial charge in [-0.1, -0.05) is 20.3 Å². The molecule has 0 radical (unpaired) electrons. The zero-order valence-corrected chi connectivity index (χ0v) is 20.1. The Morgan fingerprint density at radius 3 is 2.39 bits per heavy atom. The van der Waals surface area contributed by atoms with Gasteiger partial charge in [0.15, 0.2) is 5.96 Å². The summed E-state index contributed by atoms with van der Waals surface area (Å²) in [6.45, 7) is 16.1. The molecule has 2 unspecified atom stereocenters. The third-order valence-corrected chi connectivity index (χ3v) is 6.72. The third-order valence-electron chi connectivity index (χ3n) is 6.72. The van der Waals surface area contributed by atoms with Crippen molar-refractivity contribution in [1.82, 2.24) is 25.3 Å². The van der Waals surface area contributed by atoms with Gasteiger partial charge in [0.25, 0.3) is 0 Å². The van der Waals surface area contributed by atoms with E-state index in [9.17, 15) is 0 Å². The van der Waals surface area contributed by atoms with E-state index < -0.39 is 0 Å². The molecule has 0 bridgehead atoms. The number of guanidine groups is 1. The molecular weight excluding hydrogens is 388 g/mol. The van der Waals surface area contributed by atoms with Crippen molar-refractivity contribution in [3.8, 4) is 0 Å². The molecule has 3 heterocycles. The molecule has 0 spiro atoms. The van der Waals surface area contributed by atoms with Gasteiger partial charge in [-0.05, 0) is 58.0 Å². The van der Waals surface area contributed by atoms with Crippen molar-refractivity contribution in [2.24, 2.45) is 10.9 Å². The van der Waals surface area contributed by atoms with Crippen LogP contribution in [-0.2, 0) is 0 Å². The maximum Gasteiger partial charge on any atom is 0.191 e. The number of likely N-dealkylation sites (N-methyl/N-ethyl adjacent to an activating group) is 1. The van der Waals surface area contributed by atoms with Crippen LogP contribution >= 0.6 is 0 Å². The Hall–Kier alpha value is -1.57. The lowest BCUT2D eigenvalue weighted by molar-refractivity contribution is 0.0925. The molecule has 31 heavy (non-hydrogen) atoms. The highest BCUT2D eigenvalue weighted by Crippen LogP contribution is 2.24. The maximum absolute atomic E-state index is 5.81. The molecule has 0 saturated carbocycles. The molecule has 2 aliphatic heterocycles.